The summed E-state index contributed by atoms with van der Waals surface area (Å²) in [5, 5.41) is 40.2. The fourth-order valence-electron chi connectivity index (χ4n) is 8.99. The maximum atomic E-state index is 12.8. The van der Waals surface area contributed by atoms with Gasteiger partial charge in [-0.2, -0.15) is 26.3 Å². The van der Waals surface area contributed by atoms with Gasteiger partial charge < -0.3 is 44.1 Å². The van der Waals surface area contributed by atoms with E-state index in [1.165, 1.54) is 26.0 Å². The van der Waals surface area contributed by atoms with Gasteiger partial charge in [-0.3, -0.25) is 28.8 Å². The second-order valence-corrected chi connectivity index (χ2v) is 26.4. The van der Waals surface area contributed by atoms with Crippen molar-refractivity contribution in [2.24, 2.45) is 33.5 Å². The van der Waals surface area contributed by atoms with Crippen LogP contribution in [-0.2, 0) is 33.4 Å². The molecule has 3 aromatic carbocycles. The molecule has 3 aliphatic carbocycles. The van der Waals surface area contributed by atoms with E-state index in [1.54, 1.807) is 58.0 Å². The quantitative estimate of drug-likeness (QED) is 0.0560. The smallest absolute Gasteiger partial charge is 0.428 e. The number of allylic oxidation sites excluding steroid dienone is 2. The van der Waals surface area contributed by atoms with Crippen molar-refractivity contribution in [1.29, 1.82) is 0 Å². The Balaban J connectivity index is 0.000000309. The highest BCUT2D eigenvalue weighted by atomic mass is 19.4. The van der Waals surface area contributed by atoms with Crippen molar-refractivity contribution in [2.75, 3.05) is 6.61 Å². The summed E-state index contributed by atoms with van der Waals surface area (Å²) in [6, 6.07) is 13.1. The topological polar surface area (TPSA) is 229 Å². The number of aliphatic hydroxyl groups is 2. The molecule has 4 N–H and O–H groups in total. The van der Waals surface area contributed by atoms with Crippen molar-refractivity contribution < 1.29 is 99.2 Å². The lowest BCUT2D eigenvalue weighted by molar-refractivity contribution is -0.383. The number of aromatic hydroxyl groups is 2. The van der Waals surface area contributed by atoms with E-state index in [1.807, 2.05) is 75.3 Å². The maximum Gasteiger partial charge on any atom is 0.428 e. The summed E-state index contributed by atoms with van der Waals surface area (Å²) in [5.41, 5.74) is -9.30. The van der Waals surface area contributed by atoms with E-state index in [0.717, 1.165) is 49.6 Å². The SMILES string of the molecule is CCC(C)(C)C(=O)OC1CCC(C(C)(C)O)CC1.CCC(C)(C)C(=O)OC1CCC(C(C)(C)OCC(O)(C(F)(F)F)C(F)(F)F)CC1.CCC(C)(C)C(=O)Oc1ccc(O)c2c1C(=O)C=CC2=O.CCC(C)(C)C(=O)Oc1cccc2c(O)cccc12. The highest BCUT2D eigenvalue weighted by molar-refractivity contribution is 6.24. The molecule has 0 aromatic heterocycles. The number of ether oxygens (including phenoxy) is 5. The number of carbonyl (C=O) groups excluding carboxylic acids is 6. The van der Waals surface area contributed by atoms with Crippen LogP contribution < -0.4 is 9.47 Å². The lowest BCUT2D eigenvalue weighted by Crippen LogP contribution is -2.61. The molecule has 0 radical (unpaired) electrons. The van der Waals surface area contributed by atoms with E-state index in [2.05, 4.69) is 0 Å². The number of hydrogen-bond acceptors (Lipinski definition) is 15. The van der Waals surface area contributed by atoms with Crippen LogP contribution in [0.2, 0.25) is 0 Å². The summed E-state index contributed by atoms with van der Waals surface area (Å²) in [6.45, 7) is 26.8. The summed E-state index contributed by atoms with van der Waals surface area (Å²) < 4.78 is 104. The molecule has 0 atom stereocenters. The standard InChI is InChI=1S/C19H30F6O4.C16H16O5.C16H18O3.C15H28O3/c1-6-15(2,3)14(26)29-13-9-7-12(8-10-13)16(4,5)28-11-17(27,18(20,21)22)19(23,24)25;1-4-16(2,3)15(20)21-12-8-7-10(18)13-9(17)5-6-11(19)14(12)13;1-4-16(2,3)15(18)19-14-10-6-7-11-12(14)8-5-9-13(11)17;1-6-14(2,3)13(16)18-12-9-7-11(8-10-12)15(4,5)17/h12-13,27H,6-11H2,1-5H3;5-8,18H,4H2,1-3H3;5-10,17H,4H2,1-3H3;11-12,17H,6-10H2,1-5H3. The zero-order chi connectivity index (χ0) is 66.7. The van der Waals surface area contributed by atoms with Crippen molar-refractivity contribution in [3.63, 3.8) is 0 Å². The molecule has 0 spiro atoms. The molecule has 0 aliphatic heterocycles. The number of phenols is 2. The summed E-state index contributed by atoms with van der Waals surface area (Å²) in [4.78, 5) is 72.1. The number of phenolic OH excluding ortho intramolecular Hbond substituents is 2. The molecule has 3 aliphatic rings. The minimum absolute atomic E-state index is 0.00275. The van der Waals surface area contributed by atoms with Crippen LogP contribution in [0.1, 0.15) is 209 Å². The number of fused-ring (bicyclic) bond motifs is 2. The van der Waals surface area contributed by atoms with Crippen LogP contribution in [0, 0.1) is 33.5 Å². The number of rotatable bonds is 17. The van der Waals surface area contributed by atoms with E-state index < -0.39 is 69.5 Å². The van der Waals surface area contributed by atoms with E-state index in [-0.39, 0.29) is 69.8 Å². The Bertz CT molecular complexity index is 2880. The zero-order valence-corrected chi connectivity index (χ0v) is 53.3. The minimum Gasteiger partial charge on any atom is -0.507 e. The molecular weight excluding hydrogens is 1150 g/mol. The molecule has 2 fully saturated rings. The van der Waals surface area contributed by atoms with Crippen molar-refractivity contribution in [2.45, 2.75) is 229 Å². The molecule has 0 saturated heterocycles. The number of hydrogen-bond donors (Lipinski definition) is 4. The van der Waals surface area contributed by atoms with E-state index in [4.69, 9.17) is 23.7 Å². The molecule has 21 heteroatoms. The van der Waals surface area contributed by atoms with Crippen LogP contribution in [0.25, 0.3) is 10.8 Å². The Morgan fingerprint density at radius 1 is 0.471 bits per heavy atom. The molecule has 0 amide bonds. The zero-order valence-electron chi connectivity index (χ0n) is 53.3. The van der Waals surface area contributed by atoms with Gasteiger partial charge in [-0.25, -0.2) is 0 Å². The fourth-order valence-corrected chi connectivity index (χ4v) is 8.99. The molecule has 15 nitrogen and oxygen atoms in total. The summed E-state index contributed by atoms with van der Waals surface area (Å²) in [6.07, 6.45) is -1.95. The number of carbonyl (C=O) groups is 6. The van der Waals surface area contributed by atoms with Gasteiger partial charge in [-0.05, 0) is 208 Å². The average molecular weight is 1240 g/mol. The largest absolute Gasteiger partial charge is 0.507 e. The van der Waals surface area contributed by atoms with Crippen molar-refractivity contribution in [1.82, 2.24) is 0 Å². The normalized spacial score (nSPS) is 18.8. The Labute approximate surface area is 507 Å². The van der Waals surface area contributed by atoms with Crippen LogP contribution in [-0.4, -0.2) is 104 Å². The number of halogens is 6. The minimum atomic E-state index is -5.92. The highest BCUT2D eigenvalue weighted by Crippen LogP contribution is 2.46. The first-order valence-corrected chi connectivity index (χ1v) is 29.7. The third kappa shape index (κ3) is 19.7. The first-order chi connectivity index (χ1) is 39.8. The second kappa shape index (κ2) is 29.5. The molecular formula is C66H92F6O15. The number of alkyl halides is 6. The number of esters is 4. The molecule has 0 heterocycles. The molecule has 2 saturated carbocycles. The lowest BCUT2D eigenvalue weighted by Gasteiger charge is -2.41. The number of ketones is 2. The van der Waals surface area contributed by atoms with E-state index in [9.17, 15) is 75.5 Å². The monoisotopic (exact) mass is 1240 g/mol. The number of benzene rings is 3. The molecule has 6 rings (SSSR count). The Morgan fingerprint density at radius 2 is 0.851 bits per heavy atom. The van der Waals surface area contributed by atoms with Crippen molar-refractivity contribution in [3.05, 3.63) is 71.8 Å². The van der Waals surface area contributed by atoms with Crippen molar-refractivity contribution in [3.8, 4) is 23.0 Å². The van der Waals surface area contributed by atoms with Crippen LogP contribution >= 0.6 is 0 Å². The van der Waals surface area contributed by atoms with Gasteiger partial charge in [0, 0.05) is 10.8 Å². The fraction of sp³-hybridized carbons (Fsp3) is 0.636. The Hall–Kier alpha value is -6.06. The van der Waals surface area contributed by atoms with Crippen LogP contribution in [0.15, 0.2) is 60.7 Å². The highest BCUT2D eigenvalue weighted by Gasteiger charge is 2.71. The molecule has 488 valence electrons. The van der Waals surface area contributed by atoms with E-state index >= 15 is 0 Å². The van der Waals surface area contributed by atoms with Gasteiger partial charge in [-0.15, -0.1) is 0 Å². The third-order valence-corrected chi connectivity index (χ3v) is 17.5. The first-order valence-electron chi connectivity index (χ1n) is 29.7. The Morgan fingerprint density at radius 3 is 1.26 bits per heavy atom. The molecule has 87 heavy (non-hydrogen) atoms. The van der Waals surface area contributed by atoms with E-state index in [0.29, 0.717) is 62.0 Å². The molecule has 0 bridgehead atoms. The predicted octanol–water partition coefficient (Wildman–Crippen LogP) is 15.0. The van der Waals surface area contributed by atoms with Gasteiger partial charge in [0.05, 0.1) is 50.6 Å². The van der Waals surface area contributed by atoms with Gasteiger partial charge in [0.1, 0.15) is 35.2 Å². The summed E-state index contributed by atoms with van der Waals surface area (Å²) in [7, 11) is 0. The predicted molar refractivity (Wildman–Crippen MR) is 316 cm³/mol. The van der Waals surface area contributed by atoms with Crippen LogP contribution in [0.3, 0.4) is 0 Å². The maximum absolute atomic E-state index is 12.8. The summed E-state index contributed by atoms with van der Waals surface area (Å²) >= 11 is 0. The van der Waals surface area contributed by atoms with Gasteiger partial charge in [0.2, 0.25) is 0 Å². The summed E-state index contributed by atoms with van der Waals surface area (Å²) in [5.74, 6) is -1.79. The Kier molecular flexibility index (Phi) is 25.5. The van der Waals surface area contributed by atoms with Gasteiger partial charge in [0.25, 0.3) is 5.60 Å². The third-order valence-electron chi connectivity index (χ3n) is 17.5. The lowest BCUT2D eigenvalue weighted by atomic mass is 9.77. The van der Waals surface area contributed by atoms with Gasteiger partial charge in [0.15, 0.2) is 11.6 Å². The average Bonchev–Trinajstić information content (AvgIpc) is 1.11. The molecule has 3 aromatic rings. The van der Waals surface area contributed by atoms with Crippen LogP contribution in [0.4, 0.5) is 26.3 Å². The van der Waals surface area contributed by atoms with Crippen LogP contribution in [0.5, 0.6) is 23.0 Å². The molecule has 0 unspecified atom stereocenters. The first kappa shape index (κ1) is 75.2. The van der Waals surface area contributed by atoms with Gasteiger partial charge in [-0.1, -0.05) is 52.0 Å². The van der Waals surface area contributed by atoms with Crippen molar-refractivity contribution >= 4 is 46.2 Å². The second-order valence-electron chi connectivity index (χ2n) is 26.4. The van der Waals surface area contributed by atoms with Gasteiger partial charge >= 0.3 is 36.2 Å².